The molecule has 4 aliphatic rings. The molecule has 4 atom stereocenters. The van der Waals surface area contributed by atoms with Crippen LogP contribution >= 0.6 is 0 Å². The van der Waals surface area contributed by atoms with E-state index in [4.69, 9.17) is 4.74 Å². The van der Waals surface area contributed by atoms with Crippen LogP contribution in [-0.2, 0) is 14.3 Å². The van der Waals surface area contributed by atoms with Gasteiger partial charge < -0.3 is 19.9 Å². The van der Waals surface area contributed by atoms with E-state index in [1.165, 1.54) is 18.9 Å². The van der Waals surface area contributed by atoms with Gasteiger partial charge in [0.2, 0.25) is 11.8 Å². The largest absolute Gasteiger partial charge is 0.372 e. The third-order valence-electron chi connectivity index (χ3n) is 6.08. The number of morpholine rings is 1. The maximum Gasteiger partial charge on any atom is 0.246 e. The molecule has 0 aromatic heterocycles. The molecule has 6 heteroatoms. The fraction of sp³-hybridized carbons (Fsp3) is 0.789. The van der Waals surface area contributed by atoms with Crippen LogP contribution in [0.4, 0.5) is 0 Å². The van der Waals surface area contributed by atoms with Crippen molar-refractivity contribution >= 4 is 11.8 Å². The molecule has 0 aromatic carbocycles. The Kier molecular flexibility index (Phi) is 4.58. The Morgan fingerprint density at radius 3 is 2.64 bits per heavy atom. The van der Waals surface area contributed by atoms with Gasteiger partial charge in [0.15, 0.2) is 0 Å². The van der Waals surface area contributed by atoms with Crippen molar-refractivity contribution in [1.29, 1.82) is 0 Å². The van der Waals surface area contributed by atoms with Crippen molar-refractivity contribution in [2.45, 2.75) is 56.8 Å². The van der Waals surface area contributed by atoms with E-state index in [0.29, 0.717) is 31.5 Å². The molecule has 138 valence electrons. The first-order valence-electron chi connectivity index (χ1n) is 9.68. The summed E-state index contributed by atoms with van der Waals surface area (Å²) in [6, 6.07) is 0.467. The van der Waals surface area contributed by atoms with Crippen LogP contribution in [0.5, 0.6) is 0 Å². The first-order valence-corrected chi connectivity index (χ1v) is 9.68. The number of hydrogen-bond acceptors (Lipinski definition) is 4. The summed E-state index contributed by atoms with van der Waals surface area (Å²) in [5, 5.41) is 3.68. The number of ether oxygens (including phenoxy) is 1. The van der Waals surface area contributed by atoms with Crippen LogP contribution in [0.15, 0.2) is 12.7 Å². The van der Waals surface area contributed by atoms with Gasteiger partial charge in [-0.3, -0.25) is 9.59 Å². The smallest absolute Gasteiger partial charge is 0.246 e. The van der Waals surface area contributed by atoms with Crippen LogP contribution in [0.3, 0.4) is 0 Å². The van der Waals surface area contributed by atoms with E-state index in [1.807, 2.05) is 4.90 Å². The zero-order valence-electron chi connectivity index (χ0n) is 15.0. The molecule has 6 nitrogen and oxygen atoms in total. The Balaban J connectivity index is 1.59. The van der Waals surface area contributed by atoms with Crippen molar-refractivity contribution in [3.8, 4) is 0 Å². The van der Waals surface area contributed by atoms with E-state index in [9.17, 15) is 9.59 Å². The van der Waals surface area contributed by atoms with Gasteiger partial charge in [-0.15, -0.1) is 0 Å². The number of piperazine rings is 1. The Morgan fingerprint density at radius 2 is 2.00 bits per heavy atom. The minimum absolute atomic E-state index is 0.0183. The minimum Gasteiger partial charge on any atom is -0.372 e. The predicted molar refractivity (Wildman–Crippen MR) is 93.9 cm³/mol. The molecule has 2 aliphatic carbocycles. The lowest BCUT2D eigenvalue weighted by atomic mass is 9.90. The Labute approximate surface area is 149 Å². The molecule has 0 radical (unpaired) electrons. The van der Waals surface area contributed by atoms with Crippen LogP contribution in [0.25, 0.3) is 0 Å². The van der Waals surface area contributed by atoms with E-state index >= 15 is 0 Å². The summed E-state index contributed by atoms with van der Waals surface area (Å²) in [4.78, 5) is 29.0. The Morgan fingerprint density at radius 1 is 1.24 bits per heavy atom. The van der Waals surface area contributed by atoms with Gasteiger partial charge in [0, 0.05) is 37.6 Å². The second-order valence-corrected chi connectivity index (χ2v) is 8.03. The lowest BCUT2D eigenvalue weighted by Gasteiger charge is -2.51. The summed E-state index contributed by atoms with van der Waals surface area (Å²) in [5.74, 6) is 1.08. The van der Waals surface area contributed by atoms with E-state index in [1.54, 1.807) is 0 Å². The second kappa shape index (κ2) is 6.72. The molecular formula is C19H29N3O3. The van der Waals surface area contributed by atoms with Gasteiger partial charge in [0.1, 0.15) is 0 Å². The molecule has 4 rings (SSSR count). The maximum absolute atomic E-state index is 13.0. The zero-order chi connectivity index (χ0) is 17.6. The highest BCUT2D eigenvalue weighted by atomic mass is 16.5. The van der Waals surface area contributed by atoms with Crippen LogP contribution in [0.2, 0.25) is 0 Å². The number of nitrogens with one attached hydrogen (secondary N) is 1. The Hall–Kier alpha value is -1.40. The molecule has 2 amide bonds. The molecule has 0 bridgehead atoms. The number of carbonyl (C=O) groups is 2. The molecule has 0 spiro atoms. The molecule has 0 aromatic rings. The van der Waals surface area contributed by atoms with Gasteiger partial charge >= 0.3 is 0 Å². The van der Waals surface area contributed by atoms with Crippen molar-refractivity contribution in [3.63, 3.8) is 0 Å². The van der Waals surface area contributed by atoms with E-state index < -0.39 is 0 Å². The fourth-order valence-corrected chi connectivity index (χ4v) is 4.42. The van der Waals surface area contributed by atoms with Gasteiger partial charge in [-0.25, -0.2) is 0 Å². The van der Waals surface area contributed by atoms with Crippen LogP contribution in [0.1, 0.15) is 32.6 Å². The molecule has 25 heavy (non-hydrogen) atoms. The molecule has 2 saturated heterocycles. The number of amides is 2. The van der Waals surface area contributed by atoms with Crippen LogP contribution < -0.4 is 5.32 Å². The quantitative estimate of drug-likeness (QED) is 0.764. The topological polar surface area (TPSA) is 61.9 Å². The average Bonchev–Trinajstić information content (AvgIpc) is 3.51. The first kappa shape index (κ1) is 17.0. The van der Waals surface area contributed by atoms with Gasteiger partial charge in [-0.2, -0.15) is 0 Å². The van der Waals surface area contributed by atoms with Crippen molar-refractivity contribution < 1.29 is 14.3 Å². The average molecular weight is 347 g/mol. The summed E-state index contributed by atoms with van der Waals surface area (Å²) in [6.45, 7) is 8.24. The Bertz CT molecular complexity index is 558. The maximum atomic E-state index is 13.0. The summed E-state index contributed by atoms with van der Waals surface area (Å²) < 4.78 is 6.12. The van der Waals surface area contributed by atoms with E-state index in [0.717, 1.165) is 19.4 Å². The first-order chi connectivity index (χ1) is 12.1. The van der Waals surface area contributed by atoms with Crippen molar-refractivity contribution in [3.05, 3.63) is 12.7 Å². The van der Waals surface area contributed by atoms with Crippen LogP contribution in [-0.4, -0.2) is 72.1 Å². The molecule has 4 fully saturated rings. The number of hydrogen-bond donors (Lipinski definition) is 1. The third-order valence-corrected chi connectivity index (χ3v) is 6.08. The van der Waals surface area contributed by atoms with Gasteiger partial charge in [0.25, 0.3) is 0 Å². The fourth-order valence-electron chi connectivity index (χ4n) is 4.42. The molecule has 2 heterocycles. The van der Waals surface area contributed by atoms with Gasteiger partial charge in [-0.05, 0) is 44.6 Å². The molecule has 4 unspecified atom stereocenters. The third kappa shape index (κ3) is 3.34. The minimum atomic E-state index is -0.124. The summed E-state index contributed by atoms with van der Waals surface area (Å²) >= 11 is 0. The lowest BCUT2D eigenvalue weighted by molar-refractivity contribution is -0.154. The standard InChI is InChI=1S/C19H29N3O3/c1-3-16(23)21-8-9-25-15(11-21)18-17(13-4-5-13)20-10-12(2)22(18)19(24)14-6-7-14/h3,12-15,17-18,20H,1,4-11H2,2H3. The lowest BCUT2D eigenvalue weighted by Crippen LogP contribution is -2.70. The highest BCUT2D eigenvalue weighted by molar-refractivity contribution is 5.87. The van der Waals surface area contributed by atoms with Crippen LogP contribution in [0, 0.1) is 11.8 Å². The highest BCUT2D eigenvalue weighted by Crippen LogP contribution is 2.41. The monoisotopic (exact) mass is 347 g/mol. The van der Waals surface area contributed by atoms with Gasteiger partial charge in [0.05, 0.1) is 18.8 Å². The van der Waals surface area contributed by atoms with E-state index in [-0.39, 0.29) is 36.1 Å². The molecule has 2 saturated carbocycles. The molecular weight excluding hydrogens is 318 g/mol. The van der Waals surface area contributed by atoms with Crippen molar-refractivity contribution in [1.82, 2.24) is 15.1 Å². The number of rotatable bonds is 4. The number of nitrogens with zero attached hydrogens (tertiary/aromatic N) is 2. The SMILES string of the molecule is C=CC(=O)N1CCOC(C2C(C3CC3)NCC(C)N2C(=O)C2CC2)C1. The predicted octanol–water partition coefficient (Wildman–Crippen LogP) is 0.777. The summed E-state index contributed by atoms with van der Waals surface area (Å²) in [6.07, 6.45) is 5.72. The molecule has 1 N–H and O–H groups in total. The molecule has 2 aliphatic heterocycles. The van der Waals surface area contributed by atoms with Gasteiger partial charge in [-0.1, -0.05) is 6.58 Å². The van der Waals surface area contributed by atoms with E-state index in [2.05, 4.69) is 23.7 Å². The highest BCUT2D eigenvalue weighted by Gasteiger charge is 2.51. The van der Waals surface area contributed by atoms with Crippen molar-refractivity contribution in [2.24, 2.45) is 11.8 Å². The number of carbonyl (C=O) groups excluding carboxylic acids is 2. The van der Waals surface area contributed by atoms with Crippen molar-refractivity contribution in [2.75, 3.05) is 26.2 Å². The summed E-state index contributed by atoms with van der Waals surface area (Å²) in [7, 11) is 0. The zero-order valence-corrected chi connectivity index (χ0v) is 15.0. The normalized spacial score (nSPS) is 36.2. The summed E-state index contributed by atoms with van der Waals surface area (Å²) in [5.41, 5.74) is 0. The second-order valence-electron chi connectivity index (χ2n) is 8.03.